The molecule has 1 N–H and O–H groups in total. The molecule has 0 radical (unpaired) electrons. The van der Waals surface area contributed by atoms with E-state index in [0.29, 0.717) is 0 Å². The molecule has 0 heterocycles. The lowest BCUT2D eigenvalue weighted by atomic mass is 10.0. The van der Waals surface area contributed by atoms with E-state index in [9.17, 15) is 0 Å². The summed E-state index contributed by atoms with van der Waals surface area (Å²) in [6.07, 6.45) is 12.2. The summed E-state index contributed by atoms with van der Waals surface area (Å²) in [6, 6.07) is 8.06. The lowest BCUT2D eigenvalue weighted by Gasteiger charge is -2.06. The smallest absolute Gasteiger partial charge is 0.00682 e. The molecule has 0 amide bonds. The average molecular weight is 243 g/mol. The van der Waals surface area contributed by atoms with Crippen molar-refractivity contribution in [1.82, 2.24) is 5.32 Å². The monoisotopic (exact) mass is 243 g/mol. The zero-order valence-corrected chi connectivity index (χ0v) is 11.4. The summed E-state index contributed by atoms with van der Waals surface area (Å²) < 4.78 is 0. The first-order chi connectivity index (χ1) is 8.92. The summed E-state index contributed by atoms with van der Waals surface area (Å²) in [7, 11) is 0. The Balaban J connectivity index is 1.34. The molecule has 0 spiro atoms. The Morgan fingerprint density at radius 1 is 1.00 bits per heavy atom. The molecule has 0 bridgehead atoms. The van der Waals surface area contributed by atoms with Crippen LogP contribution in [0.1, 0.15) is 55.2 Å². The van der Waals surface area contributed by atoms with Gasteiger partial charge in [0.25, 0.3) is 0 Å². The first-order valence-corrected chi connectivity index (χ1v) is 7.76. The van der Waals surface area contributed by atoms with Gasteiger partial charge in [-0.25, -0.2) is 0 Å². The molecule has 1 nitrogen and oxygen atoms in total. The Morgan fingerprint density at radius 3 is 2.78 bits per heavy atom. The van der Waals surface area contributed by atoms with Gasteiger partial charge in [0.1, 0.15) is 0 Å². The number of fused-ring (bicyclic) bond motifs is 1. The third-order valence-electron chi connectivity index (χ3n) is 4.32. The summed E-state index contributed by atoms with van der Waals surface area (Å²) >= 11 is 0. The van der Waals surface area contributed by atoms with Gasteiger partial charge < -0.3 is 5.32 Å². The van der Waals surface area contributed by atoms with Crippen molar-refractivity contribution in [3.05, 3.63) is 34.9 Å². The summed E-state index contributed by atoms with van der Waals surface area (Å²) in [5.41, 5.74) is 4.79. The second-order valence-electron chi connectivity index (χ2n) is 6.00. The average Bonchev–Trinajstić information content (AvgIpc) is 3.09. The predicted molar refractivity (Wildman–Crippen MR) is 77.0 cm³/mol. The van der Waals surface area contributed by atoms with E-state index in [2.05, 4.69) is 23.5 Å². The maximum absolute atomic E-state index is 3.59. The molecule has 1 fully saturated rings. The summed E-state index contributed by atoms with van der Waals surface area (Å²) in [6.45, 7) is 1.23. The highest BCUT2D eigenvalue weighted by Gasteiger charge is 2.19. The van der Waals surface area contributed by atoms with Gasteiger partial charge in [0, 0.05) is 6.04 Å². The van der Waals surface area contributed by atoms with Crippen LogP contribution in [0.25, 0.3) is 0 Å². The minimum atomic E-state index is 0.877. The van der Waals surface area contributed by atoms with Crippen molar-refractivity contribution in [3.63, 3.8) is 0 Å². The van der Waals surface area contributed by atoms with Gasteiger partial charge in [-0.15, -0.1) is 0 Å². The Morgan fingerprint density at radius 2 is 1.89 bits per heavy atom. The van der Waals surface area contributed by atoms with Crippen molar-refractivity contribution in [1.29, 1.82) is 0 Å². The highest BCUT2D eigenvalue weighted by atomic mass is 14.9. The Hall–Kier alpha value is -0.820. The van der Waals surface area contributed by atoms with Crippen molar-refractivity contribution < 1.29 is 0 Å². The molecule has 0 aromatic heterocycles. The quantitative estimate of drug-likeness (QED) is 0.721. The maximum atomic E-state index is 3.59. The maximum Gasteiger partial charge on any atom is 0.00682 e. The number of hydrogen-bond acceptors (Lipinski definition) is 1. The molecule has 1 aromatic carbocycles. The van der Waals surface area contributed by atoms with Crippen LogP contribution in [0, 0.1) is 0 Å². The van der Waals surface area contributed by atoms with Crippen LogP contribution in [0.3, 0.4) is 0 Å². The summed E-state index contributed by atoms with van der Waals surface area (Å²) in [5, 5.41) is 3.59. The van der Waals surface area contributed by atoms with Crippen molar-refractivity contribution in [2.75, 3.05) is 6.54 Å². The zero-order valence-electron chi connectivity index (χ0n) is 11.4. The van der Waals surface area contributed by atoms with Crippen LogP contribution in [0.5, 0.6) is 0 Å². The molecule has 0 atom stereocenters. The molecule has 2 aliphatic rings. The number of nitrogens with one attached hydrogen (secondary N) is 1. The molecule has 1 aromatic rings. The fourth-order valence-corrected chi connectivity index (χ4v) is 3.01. The summed E-state index contributed by atoms with van der Waals surface area (Å²) in [4.78, 5) is 0. The lowest BCUT2D eigenvalue weighted by Crippen LogP contribution is -2.17. The van der Waals surface area contributed by atoms with Gasteiger partial charge in [-0.2, -0.15) is 0 Å². The van der Waals surface area contributed by atoms with E-state index in [1.807, 2.05) is 0 Å². The molecule has 1 heteroatoms. The predicted octanol–water partition coefficient (Wildman–Crippen LogP) is 3.64. The van der Waals surface area contributed by atoms with E-state index in [4.69, 9.17) is 0 Å². The Labute approximate surface area is 111 Å². The second kappa shape index (κ2) is 5.88. The molecule has 98 valence electrons. The standard InChI is InChI=1S/C17H25N/c1(3-12-18-17-10-11-17)2-5-14-8-9-15-6-4-7-16(15)13-14/h8-9,13,17-18H,1-7,10-12H2. The van der Waals surface area contributed by atoms with Crippen LogP contribution in [0.15, 0.2) is 18.2 Å². The fourth-order valence-electron chi connectivity index (χ4n) is 3.01. The van der Waals surface area contributed by atoms with E-state index in [1.165, 1.54) is 64.3 Å². The molecule has 18 heavy (non-hydrogen) atoms. The van der Waals surface area contributed by atoms with E-state index < -0.39 is 0 Å². The molecular weight excluding hydrogens is 218 g/mol. The molecule has 3 rings (SSSR count). The topological polar surface area (TPSA) is 12.0 Å². The number of rotatable bonds is 7. The Bertz CT molecular complexity index is 393. The van der Waals surface area contributed by atoms with Gasteiger partial charge >= 0.3 is 0 Å². The third kappa shape index (κ3) is 3.35. The lowest BCUT2D eigenvalue weighted by molar-refractivity contribution is 0.600. The van der Waals surface area contributed by atoms with Gasteiger partial charge in [-0.1, -0.05) is 24.6 Å². The third-order valence-corrected chi connectivity index (χ3v) is 4.32. The number of aryl methyl sites for hydroxylation is 3. The number of unbranched alkanes of at least 4 members (excludes halogenated alkanes) is 2. The first-order valence-electron chi connectivity index (χ1n) is 7.76. The van der Waals surface area contributed by atoms with Crippen LogP contribution in [0.2, 0.25) is 0 Å². The number of hydrogen-bond donors (Lipinski definition) is 1. The van der Waals surface area contributed by atoms with Crippen LogP contribution >= 0.6 is 0 Å². The van der Waals surface area contributed by atoms with Crippen LogP contribution in [-0.2, 0) is 19.3 Å². The van der Waals surface area contributed by atoms with E-state index in [-0.39, 0.29) is 0 Å². The van der Waals surface area contributed by atoms with Gasteiger partial charge in [0.2, 0.25) is 0 Å². The highest BCUT2D eigenvalue weighted by Crippen LogP contribution is 2.23. The van der Waals surface area contributed by atoms with Crippen LogP contribution in [-0.4, -0.2) is 12.6 Å². The van der Waals surface area contributed by atoms with Crippen LogP contribution < -0.4 is 5.32 Å². The van der Waals surface area contributed by atoms with Crippen molar-refractivity contribution >= 4 is 0 Å². The zero-order chi connectivity index (χ0) is 12.2. The van der Waals surface area contributed by atoms with Crippen molar-refractivity contribution in [2.45, 2.75) is 63.8 Å². The summed E-state index contributed by atoms with van der Waals surface area (Å²) in [5.74, 6) is 0. The molecule has 0 aliphatic heterocycles. The fraction of sp³-hybridized carbons (Fsp3) is 0.647. The Kier molecular flexibility index (Phi) is 3.99. The second-order valence-corrected chi connectivity index (χ2v) is 6.00. The SMILES string of the molecule is c1cc2c(cc1CCCCCNC1CC1)CCC2. The van der Waals surface area contributed by atoms with Gasteiger partial charge in [-0.3, -0.25) is 0 Å². The molecular formula is C17H25N. The van der Waals surface area contributed by atoms with Crippen molar-refractivity contribution in [3.8, 4) is 0 Å². The van der Waals surface area contributed by atoms with Gasteiger partial charge in [-0.05, 0) is 74.6 Å². The van der Waals surface area contributed by atoms with Crippen molar-refractivity contribution in [2.24, 2.45) is 0 Å². The largest absolute Gasteiger partial charge is 0.314 e. The normalized spacial score (nSPS) is 18.0. The molecule has 0 saturated heterocycles. The first kappa shape index (κ1) is 12.2. The minimum absolute atomic E-state index is 0.877. The van der Waals surface area contributed by atoms with Gasteiger partial charge in [0.05, 0.1) is 0 Å². The molecule has 0 unspecified atom stereocenters. The number of benzene rings is 1. The molecule has 2 aliphatic carbocycles. The van der Waals surface area contributed by atoms with Gasteiger partial charge in [0.15, 0.2) is 0 Å². The van der Waals surface area contributed by atoms with E-state index in [1.54, 1.807) is 16.7 Å². The molecule has 1 saturated carbocycles. The van der Waals surface area contributed by atoms with Crippen LogP contribution in [0.4, 0.5) is 0 Å². The van der Waals surface area contributed by atoms with E-state index in [0.717, 1.165) is 6.04 Å². The minimum Gasteiger partial charge on any atom is -0.314 e. The highest BCUT2D eigenvalue weighted by molar-refractivity contribution is 5.35. The van der Waals surface area contributed by atoms with E-state index >= 15 is 0 Å².